The second-order valence-electron chi connectivity index (χ2n) is 2.63. The van der Waals surface area contributed by atoms with Gasteiger partial charge in [0.1, 0.15) is 0 Å². The van der Waals surface area contributed by atoms with Crippen molar-refractivity contribution < 1.29 is 4.21 Å². The Kier molecular flexibility index (Phi) is 4.82. The van der Waals surface area contributed by atoms with Crippen LogP contribution >= 0.6 is 11.6 Å². The van der Waals surface area contributed by atoms with E-state index in [2.05, 4.69) is 15.5 Å². The van der Waals surface area contributed by atoms with Gasteiger partial charge in [-0.25, -0.2) is 0 Å². The normalized spacial score (nSPS) is 12.4. The van der Waals surface area contributed by atoms with E-state index in [0.717, 1.165) is 5.69 Å². The van der Waals surface area contributed by atoms with E-state index < -0.39 is 10.8 Å². The number of nitrogens with one attached hydrogen (secondary N) is 1. The average Bonchev–Trinajstić information content (AvgIpc) is 2.17. The molecule has 1 unspecified atom stereocenters. The molecule has 0 spiro atoms. The maximum atomic E-state index is 11.1. The molecule has 0 saturated heterocycles. The fourth-order valence-corrected chi connectivity index (χ4v) is 1.67. The molecule has 14 heavy (non-hydrogen) atoms. The zero-order valence-corrected chi connectivity index (χ0v) is 9.44. The minimum Gasteiger partial charge on any atom is -0.383 e. The summed E-state index contributed by atoms with van der Waals surface area (Å²) in [5.41, 5.74) is 0.804. The molecule has 1 heterocycles. The number of hydrogen-bond donors (Lipinski definition) is 1. The summed E-state index contributed by atoms with van der Waals surface area (Å²) in [7, 11) is -0.738. The topological polar surface area (TPSA) is 54.9 Å². The summed E-state index contributed by atoms with van der Waals surface area (Å²) in [6.45, 7) is 2.56. The van der Waals surface area contributed by atoms with Crippen molar-refractivity contribution in [2.75, 3.05) is 23.4 Å². The Balaban J connectivity index is 2.35. The highest BCUT2D eigenvalue weighted by Crippen LogP contribution is 2.09. The predicted molar refractivity (Wildman–Crippen MR) is 59.1 cm³/mol. The molecular weight excluding hydrogens is 222 g/mol. The summed E-state index contributed by atoms with van der Waals surface area (Å²) < 4.78 is 11.1. The van der Waals surface area contributed by atoms with Crippen molar-refractivity contribution in [3.8, 4) is 0 Å². The quantitative estimate of drug-likeness (QED) is 0.833. The molecule has 6 heteroatoms. The van der Waals surface area contributed by atoms with Crippen LogP contribution in [0.1, 0.15) is 6.92 Å². The summed E-state index contributed by atoms with van der Waals surface area (Å²) in [4.78, 5) is 0. The number of nitrogens with zero attached hydrogens (tertiary/aromatic N) is 2. The van der Waals surface area contributed by atoms with E-state index in [1.807, 2.05) is 6.92 Å². The van der Waals surface area contributed by atoms with Gasteiger partial charge in [-0.3, -0.25) is 4.21 Å². The van der Waals surface area contributed by atoms with Crippen molar-refractivity contribution in [1.29, 1.82) is 0 Å². The molecule has 1 rings (SSSR count). The monoisotopic (exact) mass is 233 g/mol. The van der Waals surface area contributed by atoms with Crippen LogP contribution in [0.4, 0.5) is 5.69 Å². The molecule has 1 atom stereocenters. The summed E-state index contributed by atoms with van der Waals surface area (Å²) in [5, 5.41) is 10.7. The van der Waals surface area contributed by atoms with Gasteiger partial charge in [0.15, 0.2) is 5.15 Å². The van der Waals surface area contributed by atoms with Gasteiger partial charge >= 0.3 is 0 Å². The second kappa shape index (κ2) is 5.93. The maximum Gasteiger partial charge on any atom is 0.153 e. The minimum atomic E-state index is -0.738. The van der Waals surface area contributed by atoms with E-state index in [9.17, 15) is 4.21 Å². The number of anilines is 1. The number of rotatable bonds is 5. The lowest BCUT2D eigenvalue weighted by Crippen LogP contribution is -2.12. The highest BCUT2D eigenvalue weighted by atomic mass is 35.5. The van der Waals surface area contributed by atoms with Gasteiger partial charge in [0.2, 0.25) is 0 Å². The Morgan fingerprint density at radius 2 is 2.43 bits per heavy atom. The molecule has 0 saturated carbocycles. The van der Waals surface area contributed by atoms with Crippen molar-refractivity contribution >= 4 is 28.1 Å². The predicted octanol–water partition coefficient (Wildman–Crippen LogP) is 1.31. The van der Waals surface area contributed by atoms with Crippen molar-refractivity contribution in [3.05, 3.63) is 17.4 Å². The number of hydrogen-bond acceptors (Lipinski definition) is 4. The summed E-state index contributed by atoms with van der Waals surface area (Å²) in [6, 6.07) is 1.68. The van der Waals surface area contributed by atoms with Gasteiger partial charge in [-0.05, 0) is 0 Å². The van der Waals surface area contributed by atoms with Crippen LogP contribution < -0.4 is 5.32 Å². The highest BCUT2D eigenvalue weighted by molar-refractivity contribution is 7.84. The van der Waals surface area contributed by atoms with Crippen LogP contribution in [0.15, 0.2) is 12.3 Å². The van der Waals surface area contributed by atoms with E-state index in [1.165, 1.54) is 0 Å². The first-order valence-corrected chi connectivity index (χ1v) is 6.16. The Morgan fingerprint density at radius 1 is 1.64 bits per heavy atom. The lowest BCUT2D eigenvalue weighted by molar-refractivity contribution is 0.684. The van der Waals surface area contributed by atoms with Gasteiger partial charge in [-0.2, -0.15) is 5.10 Å². The Labute approximate surface area is 90.5 Å². The van der Waals surface area contributed by atoms with Gasteiger partial charge in [0.25, 0.3) is 0 Å². The number of halogens is 1. The zero-order chi connectivity index (χ0) is 10.4. The van der Waals surface area contributed by atoms with Crippen LogP contribution in [0.2, 0.25) is 5.15 Å². The zero-order valence-electron chi connectivity index (χ0n) is 7.86. The van der Waals surface area contributed by atoms with Gasteiger partial charge < -0.3 is 5.32 Å². The average molecular weight is 234 g/mol. The van der Waals surface area contributed by atoms with Gasteiger partial charge in [0.05, 0.1) is 11.9 Å². The third-order valence-electron chi connectivity index (χ3n) is 1.61. The van der Waals surface area contributed by atoms with Crippen molar-refractivity contribution in [1.82, 2.24) is 10.2 Å². The maximum absolute atomic E-state index is 11.1. The highest BCUT2D eigenvalue weighted by Gasteiger charge is 1.97. The largest absolute Gasteiger partial charge is 0.383 e. The molecule has 0 aliphatic heterocycles. The smallest absolute Gasteiger partial charge is 0.153 e. The Morgan fingerprint density at radius 3 is 3.07 bits per heavy atom. The van der Waals surface area contributed by atoms with Crippen molar-refractivity contribution in [3.63, 3.8) is 0 Å². The molecule has 4 nitrogen and oxygen atoms in total. The molecule has 0 aliphatic carbocycles. The van der Waals surface area contributed by atoms with Crippen LogP contribution in [0.3, 0.4) is 0 Å². The molecule has 0 aromatic carbocycles. The summed E-state index contributed by atoms with van der Waals surface area (Å²) in [6.07, 6.45) is 1.58. The molecule has 1 N–H and O–H groups in total. The molecule has 0 bridgehead atoms. The van der Waals surface area contributed by atoms with Crippen molar-refractivity contribution in [2.45, 2.75) is 6.92 Å². The molecule has 1 aromatic heterocycles. The second-order valence-corrected chi connectivity index (χ2v) is 4.88. The minimum absolute atomic E-state index is 0.353. The first kappa shape index (κ1) is 11.4. The van der Waals surface area contributed by atoms with Crippen LogP contribution in [-0.2, 0) is 10.8 Å². The van der Waals surface area contributed by atoms with Crippen LogP contribution in [0.5, 0.6) is 0 Å². The molecule has 78 valence electrons. The molecule has 0 amide bonds. The third kappa shape index (κ3) is 4.02. The van der Waals surface area contributed by atoms with E-state index in [1.54, 1.807) is 12.3 Å². The van der Waals surface area contributed by atoms with E-state index in [4.69, 9.17) is 11.6 Å². The lowest BCUT2D eigenvalue weighted by atomic mass is 10.5. The van der Waals surface area contributed by atoms with Gasteiger partial charge in [0, 0.05) is 34.9 Å². The number of aromatic nitrogens is 2. The molecule has 1 aromatic rings. The fourth-order valence-electron chi connectivity index (χ4n) is 0.891. The van der Waals surface area contributed by atoms with E-state index in [0.29, 0.717) is 23.2 Å². The van der Waals surface area contributed by atoms with Crippen LogP contribution in [-0.4, -0.2) is 32.5 Å². The Bertz CT molecular complexity index is 321. The molecule has 0 fully saturated rings. The first-order chi connectivity index (χ1) is 6.72. The Hall–Kier alpha value is -0.680. The van der Waals surface area contributed by atoms with E-state index in [-0.39, 0.29) is 0 Å². The molecule has 0 aliphatic rings. The summed E-state index contributed by atoms with van der Waals surface area (Å²) >= 11 is 5.64. The third-order valence-corrected chi connectivity index (χ3v) is 3.09. The molecular formula is C8H12ClN3OS. The first-order valence-electron chi connectivity index (χ1n) is 4.29. The van der Waals surface area contributed by atoms with Crippen molar-refractivity contribution in [2.24, 2.45) is 0 Å². The van der Waals surface area contributed by atoms with E-state index >= 15 is 0 Å². The van der Waals surface area contributed by atoms with Gasteiger partial charge in [-0.15, -0.1) is 5.10 Å². The lowest BCUT2D eigenvalue weighted by Gasteiger charge is -2.04. The summed E-state index contributed by atoms with van der Waals surface area (Å²) in [5.74, 6) is 1.33. The van der Waals surface area contributed by atoms with Gasteiger partial charge in [-0.1, -0.05) is 18.5 Å². The standard InChI is InChI=1S/C8H12ClN3OS/c1-2-14(13)4-3-10-7-5-8(9)12-11-6-7/h5-6H,2-4H2,1H3,(H,10,12). The fraction of sp³-hybridized carbons (Fsp3) is 0.500. The van der Waals surface area contributed by atoms with Crippen LogP contribution in [0, 0.1) is 0 Å². The SMILES string of the molecule is CCS(=O)CCNc1cnnc(Cl)c1. The molecule has 0 radical (unpaired) electrons. The van der Waals surface area contributed by atoms with Crippen LogP contribution in [0.25, 0.3) is 0 Å².